The Morgan fingerprint density at radius 3 is 2.41 bits per heavy atom. The molecule has 22 heavy (non-hydrogen) atoms. The third-order valence-electron chi connectivity index (χ3n) is 3.88. The Morgan fingerprint density at radius 2 is 1.77 bits per heavy atom. The lowest BCUT2D eigenvalue weighted by Crippen LogP contribution is -2.39. The summed E-state index contributed by atoms with van der Waals surface area (Å²) >= 11 is 0. The number of nitrogens with zero attached hydrogens (tertiary/aromatic N) is 1. The van der Waals surface area contributed by atoms with Gasteiger partial charge in [-0.2, -0.15) is 0 Å². The summed E-state index contributed by atoms with van der Waals surface area (Å²) in [6, 6.07) is 16.1. The highest BCUT2D eigenvalue weighted by Gasteiger charge is 2.18. The van der Waals surface area contributed by atoms with Crippen LogP contribution in [0.2, 0.25) is 0 Å². The van der Waals surface area contributed by atoms with Crippen molar-refractivity contribution in [2.24, 2.45) is 0 Å². The quantitative estimate of drug-likeness (QED) is 0.911. The first-order valence-corrected chi connectivity index (χ1v) is 7.59. The Hall–Kier alpha value is -2.13. The average Bonchev–Trinajstić information content (AvgIpc) is 2.48. The molecule has 1 amide bonds. The molecule has 2 aromatic rings. The van der Waals surface area contributed by atoms with Gasteiger partial charge >= 0.3 is 0 Å². The molecule has 0 spiro atoms. The molecular weight excluding hydrogens is 272 g/mol. The third-order valence-corrected chi connectivity index (χ3v) is 3.88. The van der Waals surface area contributed by atoms with Gasteiger partial charge in [0.15, 0.2) is 0 Å². The molecule has 0 radical (unpaired) electrons. The number of amides is 1. The largest absolute Gasteiger partial charge is 0.325 e. The maximum Gasteiger partial charge on any atom is 0.241 e. The zero-order chi connectivity index (χ0) is 16.1. The van der Waals surface area contributed by atoms with Crippen molar-refractivity contribution in [2.45, 2.75) is 33.4 Å². The first-order valence-electron chi connectivity index (χ1n) is 7.59. The van der Waals surface area contributed by atoms with E-state index in [1.54, 1.807) is 0 Å². The van der Waals surface area contributed by atoms with E-state index in [4.69, 9.17) is 0 Å². The normalized spacial score (nSPS) is 12.2. The average molecular weight is 296 g/mol. The molecule has 0 heterocycles. The van der Waals surface area contributed by atoms with Crippen LogP contribution in [0, 0.1) is 13.8 Å². The molecule has 2 rings (SSSR count). The molecule has 0 saturated heterocycles. The summed E-state index contributed by atoms with van der Waals surface area (Å²) in [5.41, 5.74) is 4.44. The fourth-order valence-electron chi connectivity index (χ4n) is 2.29. The number of likely N-dealkylation sites (N-methyl/N-ethyl adjacent to an activating group) is 1. The standard InChI is InChI=1S/C19H24N2O/c1-14-8-10-17(11-9-14)13-21(4)16(3)19(22)20-18-7-5-6-15(2)12-18/h5-12,16H,13H2,1-4H3,(H,20,22). The van der Waals surface area contributed by atoms with E-state index in [-0.39, 0.29) is 11.9 Å². The number of hydrogen-bond acceptors (Lipinski definition) is 2. The fourth-order valence-corrected chi connectivity index (χ4v) is 2.29. The van der Waals surface area contributed by atoms with E-state index >= 15 is 0 Å². The summed E-state index contributed by atoms with van der Waals surface area (Å²) in [7, 11) is 1.97. The van der Waals surface area contributed by atoms with Crippen LogP contribution >= 0.6 is 0 Å². The molecule has 2 aromatic carbocycles. The van der Waals surface area contributed by atoms with Crippen molar-refractivity contribution in [1.29, 1.82) is 0 Å². The number of benzene rings is 2. The number of aryl methyl sites for hydroxylation is 2. The van der Waals surface area contributed by atoms with Crippen molar-refractivity contribution in [1.82, 2.24) is 4.90 Å². The number of carbonyl (C=O) groups is 1. The topological polar surface area (TPSA) is 32.3 Å². The molecule has 0 bridgehead atoms. The van der Waals surface area contributed by atoms with Crippen LogP contribution in [0.25, 0.3) is 0 Å². The second kappa shape index (κ2) is 7.23. The number of rotatable bonds is 5. The van der Waals surface area contributed by atoms with Crippen molar-refractivity contribution in [3.05, 3.63) is 65.2 Å². The molecule has 0 aromatic heterocycles. The van der Waals surface area contributed by atoms with Gasteiger partial charge in [0.05, 0.1) is 6.04 Å². The van der Waals surface area contributed by atoms with E-state index in [2.05, 4.69) is 41.4 Å². The minimum atomic E-state index is -0.193. The highest BCUT2D eigenvalue weighted by molar-refractivity contribution is 5.94. The maximum atomic E-state index is 12.4. The van der Waals surface area contributed by atoms with Crippen LogP contribution in [0.4, 0.5) is 5.69 Å². The summed E-state index contributed by atoms with van der Waals surface area (Å²) in [6.45, 7) is 6.77. The monoisotopic (exact) mass is 296 g/mol. The predicted molar refractivity (Wildman–Crippen MR) is 91.9 cm³/mol. The van der Waals surface area contributed by atoms with Gasteiger partial charge in [-0.25, -0.2) is 0 Å². The second-order valence-corrected chi connectivity index (χ2v) is 5.94. The Labute approximate surface area is 133 Å². The highest BCUT2D eigenvalue weighted by atomic mass is 16.2. The van der Waals surface area contributed by atoms with Gasteiger partial charge in [-0.05, 0) is 51.1 Å². The SMILES string of the molecule is Cc1ccc(CN(C)C(C)C(=O)Nc2cccc(C)c2)cc1. The molecule has 0 aliphatic rings. The minimum absolute atomic E-state index is 0.0141. The summed E-state index contributed by atoms with van der Waals surface area (Å²) in [4.78, 5) is 14.4. The van der Waals surface area contributed by atoms with Crippen molar-refractivity contribution in [3.8, 4) is 0 Å². The Bertz CT molecular complexity index is 634. The summed E-state index contributed by atoms with van der Waals surface area (Å²) in [5.74, 6) is 0.0141. The zero-order valence-electron chi connectivity index (χ0n) is 13.8. The zero-order valence-corrected chi connectivity index (χ0v) is 13.8. The molecule has 0 saturated carbocycles. The summed E-state index contributed by atoms with van der Waals surface area (Å²) in [6.07, 6.45) is 0. The van der Waals surface area contributed by atoms with Crippen LogP contribution < -0.4 is 5.32 Å². The van der Waals surface area contributed by atoms with Gasteiger partial charge in [-0.15, -0.1) is 0 Å². The van der Waals surface area contributed by atoms with Crippen molar-refractivity contribution in [2.75, 3.05) is 12.4 Å². The van der Waals surface area contributed by atoms with E-state index in [0.717, 1.165) is 17.8 Å². The molecule has 1 atom stereocenters. The van der Waals surface area contributed by atoms with Gasteiger partial charge in [0.1, 0.15) is 0 Å². The predicted octanol–water partition coefficient (Wildman–Crippen LogP) is 3.76. The molecule has 0 fully saturated rings. The Morgan fingerprint density at radius 1 is 1.09 bits per heavy atom. The van der Waals surface area contributed by atoms with Crippen LogP contribution in [0.5, 0.6) is 0 Å². The lowest BCUT2D eigenvalue weighted by atomic mass is 10.1. The van der Waals surface area contributed by atoms with E-state index in [0.29, 0.717) is 0 Å². The number of hydrogen-bond donors (Lipinski definition) is 1. The van der Waals surface area contributed by atoms with Crippen molar-refractivity contribution < 1.29 is 4.79 Å². The van der Waals surface area contributed by atoms with Gasteiger partial charge in [0.2, 0.25) is 5.91 Å². The lowest BCUT2D eigenvalue weighted by molar-refractivity contribution is -0.120. The molecule has 0 aliphatic carbocycles. The van der Waals surface area contributed by atoms with Gasteiger partial charge in [-0.1, -0.05) is 42.0 Å². The molecule has 1 unspecified atom stereocenters. The number of anilines is 1. The van der Waals surface area contributed by atoms with Crippen LogP contribution in [0.3, 0.4) is 0 Å². The van der Waals surface area contributed by atoms with Crippen LogP contribution in [-0.4, -0.2) is 23.9 Å². The van der Waals surface area contributed by atoms with E-state index in [1.165, 1.54) is 11.1 Å². The van der Waals surface area contributed by atoms with Gasteiger partial charge in [0, 0.05) is 12.2 Å². The van der Waals surface area contributed by atoms with Crippen molar-refractivity contribution >= 4 is 11.6 Å². The smallest absolute Gasteiger partial charge is 0.241 e. The maximum absolute atomic E-state index is 12.4. The molecule has 1 N–H and O–H groups in total. The number of nitrogens with one attached hydrogen (secondary N) is 1. The van der Waals surface area contributed by atoms with Crippen LogP contribution in [0.1, 0.15) is 23.6 Å². The van der Waals surface area contributed by atoms with Gasteiger partial charge in [0.25, 0.3) is 0 Å². The Kier molecular flexibility index (Phi) is 5.34. The summed E-state index contributed by atoms with van der Waals surface area (Å²) < 4.78 is 0. The Balaban J connectivity index is 1.95. The van der Waals surface area contributed by atoms with Gasteiger partial charge < -0.3 is 5.32 Å². The third kappa shape index (κ3) is 4.43. The second-order valence-electron chi connectivity index (χ2n) is 5.94. The minimum Gasteiger partial charge on any atom is -0.325 e. The lowest BCUT2D eigenvalue weighted by Gasteiger charge is -2.24. The first kappa shape index (κ1) is 16.2. The highest BCUT2D eigenvalue weighted by Crippen LogP contribution is 2.12. The van der Waals surface area contributed by atoms with E-state index in [9.17, 15) is 4.79 Å². The van der Waals surface area contributed by atoms with Crippen LogP contribution in [0.15, 0.2) is 48.5 Å². The van der Waals surface area contributed by atoms with E-state index < -0.39 is 0 Å². The van der Waals surface area contributed by atoms with E-state index in [1.807, 2.05) is 45.2 Å². The first-order chi connectivity index (χ1) is 10.5. The molecular formula is C19H24N2O. The molecule has 3 heteroatoms. The number of carbonyl (C=O) groups excluding carboxylic acids is 1. The molecule has 3 nitrogen and oxygen atoms in total. The summed E-state index contributed by atoms with van der Waals surface area (Å²) in [5, 5.41) is 2.98. The molecule has 116 valence electrons. The molecule has 0 aliphatic heterocycles. The van der Waals surface area contributed by atoms with Crippen LogP contribution in [-0.2, 0) is 11.3 Å². The fraction of sp³-hybridized carbons (Fsp3) is 0.316. The van der Waals surface area contributed by atoms with Crippen molar-refractivity contribution in [3.63, 3.8) is 0 Å². The van der Waals surface area contributed by atoms with Gasteiger partial charge in [-0.3, -0.25) is 9.69 Å².